The predicted octanol–water partition coefficient (Wildman–Crippen LogP) is 2.93. The molecule has 2 aromatic carbocycles. The quantitative estimate of drug-likeness (QED) is 0.534. The van der Waals surface area contributed by atoms with E-state index >= 15 is 0 Å². The molecule has 0 amide bonds. The van der Waals surface area contributed by atoms with Gasteiger partial charge in [0.15, 0.2) is 23.2 Å². The maximum Gasteiger partial charge on any atom is 0.199 e. The van der Waals surface area contributed by atoms with Gasteiger partial charge in [-0.15, -0.1) is 0 Å². The summed E-state index contributed by atoms with van der Waals surface area (Å²) in [4.78, 5) is 12.2. The van der Waals surface area contributed by atoms with E-state index in [4.69, 9.17) is 10.5 Å². The molecule has 2 aromatic rings. The van der Waals surface area contributed by atoms with Crippen LogP contribution in [0.3, 0.4) is 0 Å². The molecule has 0 fully saturated rings. The molecular weight excluding hydrogens is 271 g/mol. The van der Waals surface area contributed by atoms with Gasteiger partial charge < -0.3 is 10.5 Å². The van der Waals surface area contributed by atoms with E-state index in [1.54, 1.807) is 0 Å². The van der Waals surface area contributed by atoms with Crippen LogP contribution in [0.4, 0.5) is 18.9 Å². The first-order chi connectivity index (χ1) is 9.45. The van der Waals surface area contributed by atoms with Gasteiger partial charge in [0, 0.05) is 6.07 Å². The molecular formula is C14H10F3NO2. The summed E-state index contributed by atoms with van der Waals surface area (Å²) >= 11 is 0. The van der Waals surface area contributed by atoms with Gasteiger partial charge in [0.1, 0.15) is 5.82 Å². The summed E-state index contributed by atoms with van der Waals surface area (Å²) in [5, 5.41) is 0. The maximum absolute atomic E-state index is 13.6. The Kier molecular flexibility index (Phi) is 3.65. The number of hydrogen-bond donors (Lipinski definition) is 1. The summed E-state index contributed by atoms with van der Waals surface area (Å²) in [5.41, 5.74) is 5.20. The molecule has 0 radical (unpaired) electrons. The molecule has 0 heterocycles. The highest BCUT2D eigenvalue weighted by molar-refractivity contribution is 6.11. The fraction of sp³-hybridized carbons (Fsp3) is 0.0714. The van der Waals surface area contributed by atoms with E-state index < -0.39 is 28.8 Å². The highest BCUT2D eigenvalue weighted by Crippen LogP contribution is 2.29. The summed E-state index contributed by atoms with van der Waals surface area (Å²) in [6.07, 6.45) is 0. The van der Waals surface area contributed by atoms with E-state index in [9.17, 15) is 18.0 Å². The molecule has 6 heteroatoms. The van der Waals surface area contributed by atoms with Crippen molar-refractivity contribution < 1.29 is 22.7 Å². The molecule has 20 heavy (non-hydrogen) atoms. The van der Waals surface area contributed by atoms with Crippen molar-refractivity contribution in [1.29, 1.82) is 0 Å². The third kappa shape index (κ3) is 2.32. The van der Waals surface area contributed by atoms with Crippen molar-refractivity contribution in [1.82, 2.24) is 0 Å². The number of ketones is 1. The third-order valence-electron chi connectivity index (χ3n) is 2.75. The van der Waals surface area contributed by atoms with Gasteiger partial charge in [-0.3, -0.25) is 4.79 Å². The van der Waals surface area contributed by atoms with E-state index in [-0.39, 0.29) is 17.0 Å². The molecule has 0 unspecified atom stereocenters. The Bertz CT molecular complexity index is 686. The van der Waals surface area contributed by atoms with Crippen LogP contribution in [0.5, 0.6) is 5.75 Å². The van der Waals surface area contributed by atoms with Crippen molar-refractivity contribution in [2.24, 2.45) is 0 Å². The number of para-hydroxylation sites is 1. The lowest BCUT2D eigenvalue weighted by atomic mass is 10.0. The van der Waals surface area contributed by atoms with Crippen LogP contribution in [-0.4, -0.2) is 12.9 Å². The Hall–Kier alpha value is -2.50. The summed E-state index contributed by atoms with van der Waals surface area (Å²) in [5.74, 6) is -4.61. The highest BCUT2D eigenvalue weighted by atomic mass is 19.2. The number of halogens is 3. The predicted molar refractivity (Wildman–Crippen MR) is 67.2 cm³/mol. The van der Waals surface area contributed by atoms with Crippen LogP contribution in [0, 0.1) is 17.5 Å². The van der Waals surface area contributed by atoms with Crippen LogP contribution in [-0.2, 0) is 0 Å². The molecule has 2 N–H and O–H groups in total. The first kappa shape index (κ1) is 13.9. The first-order valence-corrected chi connectivity index (χ1v) is 5.57. The van der Waals surface area contributed by atoms with Crippen molar-refractivity contribution in [3.8, 4) is 5.75 Å². The summed E-state index contributed by atoms with van der Waals surface area (Å²) in [7, 11) is 1.30. The van der Waals surface area contributed by atoms with E-state index in [2.05, 4.69) is 0 Å². The van der Waals surface area contributed by atoms with E-state index in [1.165, 1.54) is 25.3 Å². The van der Waals surface area contributed by atoms with Crippen LogP contribution in [0.25, 0.3) is 0 Å². The Morgan fingerprint density at radius 1 is 1.05 bits per heavy atom. The molecule has 0 saturated carbocycles. The summed E-state index contributed by atoms with van der Waals surface area (Å²) < 4.78 is 44.6. The number of benzene rings is 2. The molecule has 104 valence electrons. The van der Waals surface area contributed by atoms with Gasteiger partial charge in [-0.2, -0.15) is 0 Å². The van der Waals surface area contributed by atoms with E-state index in [0.29, 0.717) is 12.1 Å². The highest BCUT2D eigenvalue weighted by Gasteiger charge is 2.21. The number of hydrogen-bond acceptors (Lipinski definition) is 3. The lowest BCUT2D eigenvalue weighted by molar-refractivity contribution is 0.103. The number of anilines is 1. The van der Waals surface area contributed by atoms with Crippen molar-refractivity contribution in [2.45, 2.75) is 0 Å². The molecule has 3 nitrogen and oxygen atoms in total. The summed E-state index contributed by atoms with van der Waals surface area (Å²) in [6.45, 7) is 0. The maximum atomic E-state index is 13.6. The second kappa shape index (κ2) is 5.24. The second-order valence-electron chi connectivity index (χ2n) is 4.00. The lowest BCUT2D eigenvalue weighted by Crippen LogP contribution is -2.09. The van der Waals surface area contributed by atoms with Gasteiger partial charge in [0.2, 0.25) is 0 Å². The Balaban J connectivity index is 2.58. The van der Waals surface area contributed by atoms with Crippen molar-refractivity contribution in [2.75, 3.05) is 12.8 Å². The minimum Gasteiger partial charge on any atom is -0.494 e. The number of carbonyl (C=O) groups is 1. The minimum atomic E-state index is -1.36. The molecule has 0 aliphatic carbocycles. The van der Waals surface area contributed by atoms with Crippen molar-refractivity contribution in [3.05, 3.63) is 58.9 Å². The topological polar surface area (TPSA) is 52.3 Å². The Morgan fingerprint density at radius 2 is 1.70 bits per heavy atom. The third-order valence-corrected chi connectivity index (χ3v) is 2.75. The van der Waals surface area contributed by atoms with Crippen molar-refractivity contribution >= 4 is 11.5 Å². The van der Waals surface area contributed by atoms with Crippen LogP contribution in [0.1, 0.15) is 15.9 Å². The Labute approximate surface area is 112 Å². The largest absolute Gasteiger partial charge is 0.494 e. The van der Waals surface area contributed by atoms with Crippen LogP contribution in [0.15, 0.2) is 30.3 Å². The monoisotopic (exact) mass is 281 g/mol. The zero-order valence-corrected chi connectivity index (χ0v) is 10.4. The summed E-state index contributed by atoms with van der Waals surface area (Å²) in [6, 6.07) is 5.16. The second-order valence-corrected chi connectivity index (χ2v) is 4.00. The molecule has 0 aliphatic heterocycles. The standard InChI is InChI=1S/C14H10F3NO2/c1-20-14-7(3-2-4-12(14)18)13(19)8-5-10(16)11(17)6-9(8)15/h2-6H,18H2,1H3. The first-order valence-electron chi connectivity index (χ1n) is 5.57. The number of methoxy groups -OCH3 is 1. The number of ether oxygens (including phenoxy) is 1. The zero-order chi connectivity index (χ0) is 14.9. The smallest absolute Gasteiger partial charge is 0.199 e. The molecule has 2 rings (SSSR count). The molecule has 0 bridgehead atoms. The fourth-order valence-corrected chi connectivity index (χ4v) is 1.80. The van der Waals surface area contributed by atoms with Crippen molar-refractivity contribution in [3.63, 3.8) is 0 Å². The van der Waals surface area contributed by atoms with Gasteiger partial charge in [-0.25, -0.2) is 13.2 Å². The minimum absolute atomic E-state index is 0.0302. The molecule has 0 aliphatic rings. The van der Waals surface area contributed by atoms with Gasteiger partial charge in [-0.05, 0) is 18.2 Å². The van der Waals surface area contributed by atoms with E-state index in [0.717, 1.165) is 0 Å². The van der Waals surface area contributed by atoms with Crippen LogP contribution < -0.4 is 10.5 Å². The average Bonchev–Trinajstić information content (AvgIpc) is 2.41. The van der Waals surface area contributed by atoms with Gasteiger partial charge in [0.05, 0.1) is 23.9 Å². The molecule has 0 saturated heterocycles. The fourth-order valence-electron chi connectivity index (χ4n) is 1.80. The van der Waals surface area contributed by atoms with E-state index in [1.807, 2.05) is 0 Å². The number of nitrogen functional groups attached to an aromatic ring is 1. The normalized spacial score (nSPS) is 10.4. The zero-order valence-electron chi connectivity index (χ0n) is 10.4. The lowest BCUT2D eigenvalue weighted by Gasteiger charge is -2.10. The average molecular weight is 281 g/mol. The Morgan fingerprint density at radius 3 is 2.35 bits per heavy atom. The number of nitrogens with two attached hydrogens (primary N) is 1. The SMILES string of the molecule is COc1c(N)cccc1C(=O)c1cc(F)c(F)cc1F. The number of rotatable bonds is 3. The molecule has 0 atom stereocenters. The number of carbonyl (C=O) groups excluding carboxylic acids is 1. The van der Waals surface area contributed by atoms with Gasteiger partial charge in [-0.1, -0.05) is 6.07 Å². The molecule has 0 aromatic heterocycles. The van der Waals surface area contributed by atoms with Gasteiger partial charge in [0.25, 0.3) is 0 Å². The molecule has 0 spiro atoms. The van der Waals surface area contributed by atoms with Gasteiger partial charge >= 0.3 is 0 Å². The van der Waals surface area contributed by atoms with Crippen LogP contribution >= 0.6 is 0 Å². The van der Waals surface area contributed by atoms with Crippen LogP contribution in [0.2, 0.25) is 0 Å².